The molecule has 2 saturated heterocycles. The van der Waals surface area contributed by atoms with Crippen LogP contribution in [0.15, 0.2) is 36.5 Å². The van der Waals surface area contributed by atoms with Crippen LogP contribution in [-0.4, -0.2) is 140 Å². The fourth-order valence-electron chi connectivity index (χ4n) is 7.72. The highest BCUT2D eigenvalue weighted by molar-refractivity contribution is 5.76. The molecule has 0 aromatic heterocycles. The van der Waals surface area contributed by atoms with Gasteiger partial charge in [0.15, 0.2) is 12.6 Å². The van der Waals surface area contributed by atoms with Gasteiger partial charge in [0.05, 0.1) is 32.0 Å². The predicted molar refractivity (Wildman–Crippen MR) is 235 cm³/mol. The smallest absolute Gasteiger partial charge is 0.220 e. The molecule has 0 aromatic carbocycles. The van der Waals surface area contributed by atoms with Crippen LogP contribution in [0.1, 0.15) is 162 Å². The molecule has 0 aliphatic carbocycles. The summed E-state index contributed by atoms with van der Waals surface area (Å²) in [6.45, 7) is 2.69. The van der Waals surface area contributed by atoms with E-state index in [9.17, 15) is 45.6 Å². The van der Waals surface area contributed by atoms with Gasteiger partial charge in [-0.25, -0.2) is 0 Å². The highest BCUT2D eigenvalue weighted by Crippen LogP contribution is 2.30. The number of hydrogen-bond acceptors (Lipinski definition) is 13. The topological polar surface area (TPSA) is 228 Å². The number of ether oxygens (including phenoxy) is 4. The van der Waals surface area contributed by atoms with E-state index in [4.69, 9.17) is 18.9 Å². The van der Waals surface area contributed by atoms with Crippen LogP contribution in [0.3, 0.4) is 0 Å². The Labute approximate surface area is 366 Å². The van der Waals surface area contributed by atoms with Crippen LogP contribution in [0.5, 0.6) is 0 Å². The molecule has 12 unspecified atom stereocenters. The first-order valence-electron chi connectivity index (χ1n) is 23.7. The Morgan fingerprint density at radius 1 is 0.607 bits per heavy atom. The Morgan fingerprint density at radius 2 is 1.13 bits per heavy atom. The molecule has 61 heavy (non-hydrogen) atoms. The maximum Gasteiger partial charge on any atom is 0.220 e. The van der Waals surface area contributed by atoms with Crippen LogP contribution >= 0.6 is 0 Å². The summed E-state index contributed by atoms with van der Waals surface area (Å²) in [5, 5.41) is 86.7. The third-order valence-corrected chi connectivity index (χ3v) is 11.6. The lowest BCUT2D eigenvalue weighted by Gasteiger charge is -2.46. The van der Waals surface area contributed by atoms with Crippen LogP contribution in [0.4, 0.5) is 0 Å². The second-order valence-electron chi connectivity index (χ2n) is 16.9. The maximum absolute atomic E-state index is 13.1. The first kappa shape index (κ1) is 55.3. The number of nitrogens with one attached hydrogen (secondary N) is 1. The van der Waals surface area contributed by atoms with E-state index in [0.29, 0.717) is 12.8 Å². The molecule has 0 radical (unpaired) electrons. The number of allylic oxidation sites excluding steroid dienone is 6. The van der Waals surface area contributed by atoms with Gasteiger partial charge in [-0.05, 0) is 44.9 Å². The second kappa shape index (κ2) is 34.6. The molecule has 2 aliphatic heterocycles. The molecule has 12 atom stereocenters. The van der Waals surface area contributed by atoms with Gasteiger partial charge >= 0.3 is 0 Å². The van der Waals surface area contributed by atoms with Crippen molar-refractivity contribution >= 4 is 5.91 Å². The molecule has 14 heteroatoms. The fourth-order valence-corrected chi connectivity index (χ4v) is 7.72. The van der Waals surface area contributed by atoms with Crippen molar-refractivity contribution < 1.29 is 64.6 Å². The predicted octanol–water partition coefficient (Wildman–Crippen LogP) is 5.15. The minimum absolute atomic E-state index is 0.238. The van der Waals surface area contributed by atoms with Crippen molar-refractivity contribution in [2.75, 3.05) is 19.8 Å². The number of amides is 1. The molecular weight excluding hydrogens is 787 g/mol. The van der Waals surface area contributed by atoms with E-state index in [1.54, 1.807) is 0 Å². The molecule has 0 bridgehead atoms. The zero-order valence-electron chi connectivity index (χ0n) is 37.4. The van der Waals surface area contributed by atoms with Crippen LogP contribution < -0.4 is 5.32 Å². The number of unbranched alkanes of at least 4 members (excludes halogenated alkanes) is 16. The molecule has 2 heterocycles. The molecule has 2 aliphatic rings. The van der Waals surface area contributed by atoms with E-state index in [0.717, 1.165) is 64.2 Å². The van der Waals surface area contributed by atoms with E-state index in [-0.39, 0.29) is 18.9 Å². The average molecular weight is 872 g/mol. The largest absolute Gasteiger partial charge is 0.394 e. The van der Waals surface area contributed by atoms with Gasteiger partial charge in [-0.3, -0.25) is 4.79 Å². The molecule has 356 valence electrons. The quantitative estimate of drug-likeness (QED) is 0.0297. The van der Waals surface area contributed by atoms with Crippen molar-refractivity contribution in [2.24, 2.45) is 0 Å². The summed E-state index contributed by atoms with van der Waals surface area (Å²) < 4.78 is 22.7. The zero-order valence-corrected chi connectivity index (χ0v) is 37.4. The third kappa shape index (κ3) is 22.6. The standard InChI is InChI=1S/C47H85NO13/c1-3-5-7-9-11-13-15-17-19-20-22-24-26-28-30-36(51)35(48-39(52)31-29-27-25-23-21-18-16-14-12-10-8-6-4-2)34-58-46-44(57)42(55)45(38(33-50)60-46)61-47-43(56)41(54)40(53)37(32-49)59-47/h6,8,12,14,18,21,35-38,40-47,49-51,53-57H,3-5,7,9-11,13,15-17,19-20,22-34H2,1-2H3,(H,48,52)/b8-6-,14-12-,21-18-. The summed E-state index contributed by atoms with van der Waals surface area (Å²) in [6, 6.07) is -0.841. The molecule has 9 N–H and O–H groups in total. The summed E-state index contributed by atoms with van der Waals surface area (Å²) in [5.41, 5.74) is 0. The summed E-state index contributed by atoms with van der Waals surface area (Å²) >= 11 is 0. The monoisotopic (exact) mass is 872 g/mol. The summed E-state index contributed by atoms with van der Waals surface area (Å²) in [7, 11) is 0. The normalized spacial score (nSPS) is 28.3. The van der Waals surface area contributed by atoms with Gasteiger partial charge in [0.2, 0.25) is 5.91 Å². The van der Waals surface area contributed by atoms with Gasteiger partial charge in [-0.1, -0.05) is 147 Å². The fraction of sp³-hybridized carbons (Fsp3) is 0.851. The van der Waals surface area contributed by atoms with E-state index >= 15 is 0 Å². The van der Waals surface area contributed by atoms with Gasteiger partial charge < -0.3 is 65.1 Å². The second-order valence-corrected chi connectivity index (χ2v) is 16.9. The van der Waals surface area contributed by atoms with Crippen molar-refractivity contribution in [3.05, 3.63) is 36.5 Å². The van der Waals surface area contributed by atoms with Gasteiger partial charge in [0.1, 0.15) is 48.8 Å². The molecule has 14 nitrogen and oxygen atoms in total. The first-order valence-corrected chi connectivity index (χ1v) is 23.7. The number of rotatable bonds is 35. The number of carbonyl (C=O) groups excluding carboxylic acids is 1. The first-order chi connectivity index (χ1) is 29.6. The minimum Gasteiger partial charge on any atom is -0.394 e. The Balaban J connectivity index is 1.88. The van der Waals surface area contributed by atoms with E-state index < -0.39 is 86.8 Å². The van der Waals surface area contributed by atoms with Crippen LogP contribution in [0, 0.1) is 0 Å². The van der Waals surface area contributed by atoms with E-state index in [1.165, 1.54) is 64.2 Å². The Bertz CT molecular complexity index is 1170. The summed E-state index contributed by atoms with van der Waals surface area (Å²) in [6.07, 6.45) is 20.1. The lowest BCUT2D eigenvalue weighted by molar-refractivity contribution is -0.359. The van der Waals surface area contributed by atoms with Gasteiger partial charge in [-0.15, -0.1) is 0 Å². The summed E-state index contributed by atoms with van der Waals surface area (Å²) in [5.74, 6) is -0.238. The lowest BCUT2D eigenvalue weighted by atomic mass is 9.97. The van der Waals surface area contributed by atoms with Crippen molar-refractivity contribution in [2.45, 2.75) is 235 Å². The Hall–Kier alpha value is -1.79. The molecule has 2 rings (SSSR count). The molecule has 1 amide bonds. The van der Waals surface area contributed by atoms with Crippen molar-refractivity contribution in [3.63, 3.8) is 0 Å². The average Bonchev–Trinajstić information content (AvgIpc) is 3.26. The number of carbonyl (C=O) groups is 1. The van der Waals surface area contributed by atoms with Crippen LogP contribution in [0.25, 0.3) is 0 Å². The van der Waals surface area contributed by atoms with Crippen molar-refractivity contribution in [1.82, 2.24) is 5.32 Å². The molecule has 2 fully saturated rings. The molecule has 0 aromatic rings. The Morgan fingerprint density at radius 3 is 1.72 bits per heavy atom. The SMILES string of the molecule is CC/C=C\C/C=C\C/C=C\CCCCCC(=O)NC(COC1OC(CO)C(OC2OC(CO)C(O)C(O)C2O)C(O)C1O)C(O)CCCCCCCCCCCCCCCC. The van der Waals surface area contributed by atoms with E-state index in [2.05, 4.69) is 55.6 Å². The van der Waals surface area contributed by atoms with Crippen LogP contribution in [-0.2, 0) is 23.7 Å². The third-order valence-electron chi connectivity index (χ3n) is 11.6. The van der Waals surface area contributed by atoms with Crippen LogP contribution in [0.2, 0.25) is 0 Å². The summed E-state index contributed by atoms with van der Waals surface area (Å²) in [4.78, 5) is 13.1. The maximum atomic E-state index is 13.1. The van der Waals surface area contributed by atoms with Gasteiger partial charge in [0, 0.05) is 6.42 Å². The van der Waals surface area contributed by atoms with E-state index in [1.807, 2.05) is 0 Å². The zero-order chi connectivity index (χ0) is 44.7. The molecule has 0 spiro atoms. The van der Waals surface area contributed by atoms with Gasteiger partial charge in [0.25, 0.3) is 0 Å². The highest BCUT2D eigenvalue weighted by atomic mass is 16.7. The number of hydrogen-bond donors (Lipinski definition) is 9. The molecule has 0 saturated carbocycles. The number of aliphatic hydroxyl groups is 8. The lowest BCUT2D eigenvalue weighted by Crippen LogP contribution is -2.65. The Kier molecular flexibility index (Phi) is 31.4. The van der Waals surface area contributed by atoms with Crippen molar-refractivity contribution in [3.8, 4) is 0 Å². The molecular formula is C47H85NO13. The number of aliphatic hydroxyl groups excluding tert-OH is 8. The van der Waals surface area contributed by atoms with Crippen molar-refractivity contribution in [1.29, 1.82) is 0 Å². The minimum atomic E-state index is -1.78. The highest BCUT2D eigenvalue weighted by Gasteiger charge is 2.51. The van der Waals surface area contributed by atoms with Gasteiger partial charge in [-0.2, -0.15) is 0 Å².